The normalized spacial score (nSPS) is 14.6. The van der Waals surface area contributed by atoms with E-state index in [9.17, 15) is 4.79 Å². The molecule has 0 radical (unpaired) electrons. The van der Waals surface area contributed by atoms with Gasteiger partial charge in [-0.05, 0) is 43.3 Å². The van der Waals surface area contributed by atoms with Crippen molar-refractivity contribution in [2.75, 3.05) is 59.3 Å². The quantitative estimate of drug-likeness (QED) is 0.789. The molecule has 1 aromatic heterocycles. The molecular formula is C21H28N4O3. The Morgan fingerprint density at radius 2 is 1.82 bits per heavy atom. The summed E-state index contributed by atoms with van der Waals surface area (Å²) < 4.78 is 10.6. The van der Waals surface area contributed by atoms with Crippen LogP contribution in [0.3, 0.4) is 0 Å². The van der Waals surface area contributed by atoms with Crippen molar-refractivity contribution in [2.45, 2.75) is 6.42 Å². The molecule has 0 unspecified atom stereocenters. The number of piperazine rings is 1. The van der Waals surface area contributed by atoms with Crippen LogP contribution in [-0.2, 0) is 6.42 Å². The van der Waals surface area contributed by atoms with Crippen molar-refractivity contribution in [3.8, 4) is 11.5 Å². The first-order valence-electron chi connectivity index (χ1n) is 9.49. The SMILES string of the molecule is COc1ccc(CCNc2ccc(C(=O)N3CCN(C)CC3)cn2)cc1OC. The molecule has 1 aliphatic rings. The van der Waals surface area contributed by atoms with Crippen molar-refractivity contribution in [3.05, 3.63) is 47.7 Å². The molecule has 7 nitrogen and oxygen atoms in total. The summed E-state index contributed by atoms with van der Waals surface area (Å²) in [4.78, 5) is 21.1. The Hall–Kier alpha value is -2.80. The zero-order valence-corrected chi connectivity index (χ0v) is 16.8. The van der Waals surface area contributed by atoms with Crippen molar-refractivity contribution >= 4 is 11.7 Å². The molecule has 0 bridgehead atoms. The van der Waals surface area contributed by atoms with E-state index in [1.807, 2.05) is 35.2 Å². The largest absolute Gasteiger partial charge is 0.493 e. The Balaban J connectivity index is 1.51. The standard InChI is InChI=1S/C21H28N4O3/c1-24-10-12-25(13-11-24)21(26)17-5-7-20(23-15-17)22-9-8-16-4-6-18(27-2)19(14-16)28-3/h4-7,14-15H,8-13H2,1-3H3,(H,22,23). The maximum atomic E-state index is 12.6. The summed E-state index contributed by atoms with van der Waals surface area (Å²) in [6, 6.07) is 9.61. The maximum absolute atomic E-state index is 12.6. The molecule has 28 heavy (non-hydrogen) atoms. The van der Waals surface area contributed by atoms with Gasteiger partial charge in [-0.1, -0.05) is 6.07 Å². The van der Waals surface area contributed by atoms with Crippen molar-refractivity contribution in [1.29, 1.82) is 0 Å². The first kappa shape index (κ1) is 19.9. The van der Waals surface area contributed by atoms with Crippen LogP contribution in [0.15, 0.2) is 36.5 Å². The Kier molecular flexibility index (Phi) is 6.71. The Labute approximate surface area is 166 Å². The molecule has 3 rings (SSSR count). The number of benzene rings is 1. The van der Waals surface area contributed by atoms with Crippen LogP contribution < -0.4 is 14.8 Å². The molecule has 2 heterocycles. The molecule has 1 aromatic carbocycles. The second-order valence-corrected chi connectivity index (χ2v) is 6.89. The lowest BCUT2D eigenvalue weighted by molar-refractivity contribution is 0.0663. The molecule has 0 saturated carbocycles. The van der Waals surface area contributed by atoms with E-state index in [4.69, 9.17) is 9.47 Å². The summed E-state index contributed by atoms with van der Waals surface area (Å²) in [7, 11) is 5.34. The first-order chi connectivity index (χ1) is 13.6. The van der Waals surface area contributed by atoms with Gasteiger partial charge in [0, 0.05) is 38.9 Å². The lowest BCUT2D eigenvalue weighted by Gasteiger charge is -2.32. The number of rotatable bonds is 7. The monoisotopic (exact) mass is 384 g/mol. The Bertz CT molecular complexity index is 787. The van der Waals surface area contributed by atoms with E-state index in [1.54, 1.807) is 20.4 Å². The third-order valence-electron chi connectivity index (χ3n) is 4.97. The van der Waals surface area contributed by atoms with Gasteiger partial charge in [0.25, 0.3) is 5.91 Å². The number of methoxy groups -OCH3 is 2. The fourth-order valence-electron chi connectivity index (χ4n) is 3.19. The summed E-state index contributed by atoms with van der Waals surface area (Å²) in [5.74, 6) is 2.26. The topological polar surface area (TPSA) is 66.9 Å². The van der Waals surface area contributed by atoms with E-state index in [-0.39, 0.29) is 5.91 Å². The summed E-state index contributed by atoms with van der Waals surface area (Å²) >= 11 is 0. The number of nitrogens with one attached hydrogen (secondary N) is 1. The summed E-state index contributed by atoms with van der Waals surface area (Å²) in [6.07, 6.45) is 2.48. The third kappa shape index (κ3) is 4.92. The molecule has 150 valence electrons. The van der Waals surface area contributed by atoms with Crippen LogP contribution in [-0.4, -0.2) is 74.7 Å². The number of aromatic nitrogens is 1. The van der Waals surface area contributed by atoms with E-state index in [2.05, 4.69) is 22.2 Å². The van der Waals surface area contributed by atoms with Crippen molar-refractivity contribution < 1.29 is 14.3 Å². The smallest absolute Gasteiger partial charge is 0.255 e. The highest BCUT2D eigenvalue weighted by Crippen LogP contribution is 2.27. The zero-order chi connectivity index (χ0) is 19.9. The van der Waals surface area contributed by atoms with Gasteiger partial charge in [-0.2, -0.15) is 0 Å². The minimum absolute atomic E-state index is 0.0532. The second kappa shape index (κ2) is 9.41. The summed E-state index contributed by atoms with van der Waals surface area (Å²) in [5.41, 5.74) is 1.78. The van der Waals surface area contributed by atoms with E-state index >= 15 is 0 Å². The Morgan fingerprint density at radius 3 is 2.46 bits per heavy atom. The average molecular weight is 384 g/mol. The van der Waals surface area contributed by atoms with Crippen molar-refractivity contribution in [3.63, 3.8) is 0 Å². The highest BCUT2D eigenvalue weighted by molar-refractivity contribution is 5.94. The van der Waals surface area contributed by atoms with Crippen molar-refractivity contribution in [2.24, 2.45) is 0 Å². The van der Waals surface area contributed by atoms with Gasteiger partial charge in [-0.15, -0.1) is 0 Å². The van der Waals surface area contributed by atoms with Crippen LogP contribution in [0.5, 0.6) is 11.5 Å². The predicted octanol–water partition coefficient (Wildman–Crippen LogP) is 2.14. The summed E-state index contributed by atoms with van der Waals surface area (Å²) in [6.45, 7) is 4.08. The number of amides is 1. The molecule has 1 amide bonds. The zero-order valence-electron chi connectivity index (χ0n) is 16.8. The highest BCUT2D eigenvalue weighted by Gasteiger charge is 2.20. The number of hydrogen-bond donors (Lipinski definition) is 1. The minimum Gasteiger partial charge on any atom is -0.493 e. The van der Waals surface area contributed by atoms with Crippen LogP contribution in [0.25, 0.3) is 0 Å². The van der Waals surface area contributed by atoms with Gasteiger partial charge in [0.05, 0.1) is 19.8 Å². The van der Waals surface area contributed by atoms with Gasteiger partial charge in [0.2, 0.25) is 0 Å². The number of carbonyl (C=O) groups excluding carboxylic acids is 1. The summed E-state index contributed by atoms with van der Waals surface area (Å²) in [5, 5.41) is 3.30. The maximum Gasteiger partial charge on any atom is 0.255 e. The number of likely N-dealkylation sites (N-methyl/N-ethyl adjacent to an activating group) is 1. The molecule has 2 aromatic rings. The molecule has 1 aliphatic heterocycles. The van der Waals surface area contributed by atoms with E-state index in [1.165, 1.54) is 0 Å². The molecular weight excluding hydrogens is 356 g/mol. The van der Waals surface area contributed by atoms with Gasteiger partial charge in [-0.25, -0.2) is 4.98 Å². The lowest BCUT2D eigenvalue weighted by atomic mass is 10.1. The van der Waals surface area contributed by atoms with Crippen LogP contribution in [0.4, 0.5) is 5.82 Å². The highest BCUT2D eigenvalue weighted by atomic mass is 16.5. The molecule has 7 heteroatoms. The number of hydrogen-bond acceptors (Lipinski definition) is 6. The third-order valence-corrected chi connectivity index (χ3v) is 4.97. The van der Waals surface area contributed by atoms with Gasteiger partial charge >= 0.3 is 0 Å². The molecule has 0 aliphatic carbocycles. The molecule has 1 N–H and O–H groups in total. The molecule has 0 atom stereocenters. The lowest BCUT2D eigenvalue weighted by Crippen LogP contribution is -2.47. The number of nitrogens with zero attached hydrogens (tertiary/aromatic N) is 3. The predicted molar refractivity (Wildman–Crippen MR) is 109 cm³/mol. The fraction of sp³-hybridized carbons (Fsp3) is 0.429. The van der Waals surface area contributed by atoms with Crippen LogP contribution >= 0.6 is 0 Å². The van der Waals surface area contributed by atoms with Gasteiger partial charge in [0.1, 0.15) is 5.82 Å². The van der Waals surface area contributed by atoms with Crippen LogP contribution in [0.1, 0.15) is 15.9 Å². The van der Waals surface area contributed by atoms with Crippen LogP contribution in [0, 0.1) is 0 Å². The van der Waals surface area contributed by atoms with Gasteiger partial charge in [-0.3, -0.25) is 4.79 Å². The second-order valence-electron chi connectivity index (χ2n) is 6.89. The first-order valence-corrected chi connectivity index (χ1v) is 9.49. The van der Waals surface area contributed by atoms with Crippen molar-refractivity contribution in [1.82, 2.24) is 14.8 Å². The van der Waals surface area contributed by atoms with E-state index in [0.717, 1.165) is 62.0 Å². The van der Waals surface area contributed by atoms with Crippen LogP contribution in [0.2, 0.25) is 0 Å². The number of pyridine rings is 1. The molecule has 0 spiro atoms. The molecule has 1 saturated heterocycles. The number of ether oxygens (including phenoxy) is 2. The average Bonchev–Trinajstić information content (AvgIpc) is 2.74. The van der Waals surface area contributed by atoms with E-state index < -0.39 is 0 Å². The molecule has 1 fully saturated rings. The fourth-order valence-corrected chi connectivity index (χ4v) is 3.19. The minimum atomic E-state index is 0.0532. The number of carbonyl (C=O) groups is 1. The van der Waals surface area contributed by atoms with E-state index in [0.29, 0.717) is 5.56 Å². The van der Waals surface area contributed by atoms with Gasteiger partial charge < -0.3 is 24.6 Å². The Morgan fingerprint density at radius 1 is 1.07 bits per heavy atom. The number of anilines is 1. The van der Waals surface area contributed by atoms with Gasteiger partial charge in [0.15, 0.2) is 11.5 Å².